The van der Waals surface area contributed by atoms with Gasteiger partial charge in [-0.25, -0.2) is 0 Å². The van der Waals surface area contributed by atoms with Gasteiger partial charge in [0.05, 0.1) is 0 Å². The van der Waals surface area contributed by atoms with E-state index in [0.717, 1.165) is 16.3 Å². The van der Waals surface area contributed by atoms with Crippen molar-refractivity contribution < 1.29 is 9.59 Å². The quantitative estimate of drug-likeness (QED) is 0.526. The molecule has 0 radical (unpaired) electrons. The molecule has 0 saturated heterocycles. The van der Waals surface area contributed by atoms with E-state index >= 15 is 0 Å². The molecule has 0 aliphatic rings. The lowest BCUT2D eigenvalue weighted by Gasteiger charge is -2.14. The van der Waals surface area contributed by atoms with Crippen molar-refractivity contribution in [1.82, 2.24) is 15.5 Å². The lowest BCUT2D eigenvalue weighted by Crippen LogP contribution is -2.41. The molecule has 0 aliphatic carbocycles. The second-order valence-corrected chi connectivity index (χ2v) is 7.47. The first kappa shape index (κ1) is 18.8. The fourth-order valence-corrected chi connectivity index (χ4v) is 3.70. The Morgan fingerprint density at radius 3 is 2.45 bits per heavy atom. The molecule has 6 nitrogen and oxygen atoms in total. The van der Waals surface area contributed by atoms with Gasteiger partial charge in [0.15, 0.2) is 0 Å². The van der Waals surface area contributed by atoms with Crippen LogP contribution in [0.3, 0.4) is 0 Å². The van der Waals surface area contributed by atoms with Gasteiger partial charge in [0.25, 0.3) is 5.91 Å². The van der Waals surface area contributed by atoms with Gasteiger partial charge in [-0.05, 0) is 23.8 Å². The molecule has 7 heteroatoms. The highest BCUT2D eigenvalue weighted by molar-refractivity contribution is 7.18. The van der Waals surface area contributed by atoms with Gasteiger partial charge >= 0.3 is 0 Å². The fraction of sp³-hybridized carbons (Fsp3) is 0.0909. The number of aromatic nitrogens is 2. The summed E-state index contributed by atoms with van der Waals surface area (Å²) in [5.41, 5.74) is 1.47. The molecule has 3 aromatic carbocycles. The van der Waals surface area contributed by atoms with Crippen LogP contribution >= 0.6 is 11.3 Å². The van der Waals surface area contributed by atoms with Gasteiger partial charge in [-0.2, -0.15) is 0 Å². The first-order valence-corrected chi connectivity index (χ1v) is 9.92. The van der Waals surface area contributed by atoms with Crippen molar-refractivity contribution in [3.63, 3.8) is 0 Å². The van der Waals surface area contributed by atoms with E-state index in [4.69, 9.17) is 0 Å². The van der Waals surface area contributed by atoms with Gasteiger partial charge in [0.1, 0.15) is 11.0 Å². The van der Waals surface area contributed by atoms with Gasteiger partial charge in [-0.3, -0.25) is 14.9 Å². The molecule has 1 aromatic heterocycles. The van der Waals surface area contributed by atoms with E-state index in [0.29, 0.717) is 15.7 Å². The molecule has 0 aliphatic heterocycles. The van der Waals surface area contributed by atoms with E-state index in [2.05, 4.69) is 20.8 Å². The summed E-state index contributed by atoms with van der Waals surface area (Å²) in [6, 6.07) is 22.1. The van der Waals surface area contributed by atoms with Crippen LogP contribution < -0.4 is 10.6 Å². The average Bonchev–Trinajstić information content (AvgIpc) is 3.22. The molecular weight excluding hydrogens is 384 g/mol. The van der Waals surface area contributed by atoms with Crippen molar-refractivity contribution in [2.24, 2.45) is 0 Å². The van der Waals surface area contributed by atoms with Crippen LogP contribution in [0.1, 0.15) is 17.3 Å². The monoisotopic (exact) mass is 402 g/mol. The Morgan fingerprint density at radius 1 is 0.897 bits per heavy atom. The Bertz CT molecular complexity index is 1170. The van der Waals surface area contributed by atoms with Crippen LogP contribution in [0.4, 0.5) is 5.13 Å². The summed E-state index contributed by atoms with van der Waals surface area (Å²) in [5, 5.41) is 16.5. The van der Waals surface area contributed by atoms with Crippen LogP contribution in [-0.4, -0.2) is 28.1 Å². The summed E-state index contributed by atoms with van der Waals surface area (Å²) in [6.45, 7) is 1.64. The number of nitrogens with one attached hydrogen (secondary N) is 2. The zero-order chi connectivity index (χ0) is 20.2. The van der Waals surface area contributed by atoms with Gasteiger partial charge in [-0.1, -0.05) is 78.1 Å². The van der Waals surface area contributed by atoms with Crippen LogP contribution in [0.25, 0.3) is 21.3 Å². The van der Waals surface area contributed by atoms with E-state index < -0.39 is 6.04 Å². The summed E-state index contributed by atoms with van der Waals surface area (Å²) >= 11 is 1.28. The normalized spacial score (nSPS) is 11.8. The topological polar surface area (TPSA) is 84.0 Å². The Labute approximate surface area is 171 Å². The zero-order valence-electron chi connectivity index (χ0n) is 15.6. The molecular formula is C22H18N4O2S. The van der Waals surface area contributed by atoms with Crippen molar-refractivity contribution >= 4 is 39.1 Å². The smallest absolute Gasteiger partial charge is 0.252 e. The van der Waals surface area contributed by atoms with E-state index in [9.17, 15) is 9.59 Å². The predicted molar refractivity (Wildman–Crippen MR) is 115 cm³/mol. The average molecular weight is 402 g/mol. The largest absolute Gasteiger partial charge is 0.340 e. The number of hydrogen-bond acceptors (Lipinski definition) is 5. The maximum Gasteiger partial charge on any atom is 0.252 e. The number of hydrogen-bond donors (Lipinski definition) is 2. The number of carbonyl (C=O) groups is 2. The molecule has 29 heavy (non-hydrogen) atoms. The summed E-state index contributed by atoms with van der Waals surface area (Å²) in [7, 11) is 0. The van der Waals surface area contributed by atoms with Crippen LogP contribution in [-0.2, 0) is 4.79 Å². The Kier molecular flexibility index (Phi) is 5.31. The predicted octanol–water partition coefficient (Wildman–Crippen LogP) is 4.12. The van der Waals surface area contributed by atoms with Gasteiger partial charge < -0.3 is 5.32 Å². The lowest BCUT2D eigenvalue weighted by molar-refractivity contribution is -0.117. The van der Waals surface area contributed by atoms with Gasteiger partial charge in [0, 0.05) is 11.1 Å². The number of fused-ring (bicyclic) bond motifs is 1. The first-order chi connectivity index (χ1) is 14.1. The highest BCUT2D eigenvalue weighted by Crippen LogP contribution is 2.26. The minimum Gasteiger partial charge on any atom is -0.340 e. The van der Waals surface area contributed by atoms with Crippen LogP contribution in [0.5, 0.6) is 0 Å². The van der Waals surface area contributed by atoms with Crippen LogP contribution in [0.15, 0.2) is 72.8 Å². The van der Waals surface area contributed by atoms with E-state index in [1.165, 1.54) is 11.3 Å². The fourth-order valence-electron chi connectivity index (χ4n) is 2.95. The molecule has 144 valence electrons. The number of rotatable bonds is 5. The lowest BCUT2D eigenvalue weighted by atomic mass is 10.0. The Morgan fingerprint density at radius 2 is 1.62 bits per heavy atom. The van der Waals surface area contributed by atoms with E-state index in [-0.39, 0.29) is 11.8 Å². The maximum atomic E-state index is 12.7. The van der Waals surface area contributed by atoms with Crippen molar-refractivity contribution in [2.45, 2.75) is 13.0 Å². The number of carbonyl (C=O) groups excluding carboxylic acids is 2. The first-order valence-electron chi connectivity index (χ1n) is 9.10. The highest BCUT2D eigenvalue weighted by Gasteiger charge is 2.19. The molecule has 4 aromatic rings. The summed E-state index contributed by atoms with van der Waals surface area (Å²) in [6.07, 6.45) is 0. The minimum atomic E-state index is -0.731. The molecule has 4 rings (SSSR count). The third kappa shape index (κ3) is 4.14. The minimum absolute atomic E-state index is 0.299. The molecule has 0 bridgehead atoms. The Balaban J connectivity index is 1.43. The van der Waals surface area contributed by atoms with Gasteiger partial charge in [-0.15, -0.1) is 10.2 Å². The molecule has 1 atom stereocenters. The maximum absolute atomic E-state index is 12.7. The van der Waals surface area contributed by atoms with Crippen molar-refractivity contribution in [2.75, 3.05) is 5.32 Å². The highest BCUT2D eigenvalue weighted by atomic mass is 32.1. The van der Waals surface area contributed by atoms with Gasteiger partial charge in [0.2, 0.25) is 11.0 Å². The molecule has 2 N–H and O–H groups in total. The standard InChI is InChI=1S/C22H18N4O2S/c1-14(23-20(28)18-13-7-11-15-8-5-6-12-17(15)18)19(27)24-22-26-25-21(29-22)16-9-3-2-4-10-16/h2-14H,1H3,(H,23,28)(H,24,26,27). The second kappa shape index (κ2) is 8.20. The Hall–Kier alpha value is -3.58. The molecule has 2 amide bonds. The number of nitrogens with zero attached hydrogens (tertiary/aromatic N) is 2. The second-order valence-electron chi connectivity index (χ2n) is 6.49. The van der Waals surface area contributed by atoms with E-state index in [1.54, 1.807) is 13.0 Å². The summed E-state index contributed by atoms with van der Waals surface area (Å²) in [5.74, 6) is -0.652. The molecule has 0 fully saturated rings. The van der Waals surface area contributed by atoms with Crippen LogP contribution in [0, 0.1) is 0 Å². The number of amides is 2. The third-order valence-electron chi connectivity index (χ3n) is 4.45. The molecule has 1 unspecified atom stereocenters. The van der Waals surface area contributed by atoms with Crippen molar-refractivity contribution in [3.8, 4) is 10.6 Å². The van der Waals surface area contributed by atoms with Crippen LogP contribution in [0.2, 0.25) is 0 Å². The zero-order valence-corrected chi connectivity index (χ0v) is 16.4. The molecule has 1 heterocycles. The molecule has 0 saturated carbocycles. The molecule has 0 spiro atoms. The van der Waals surface area contributed by atoms with Crippen molar-refractivity contribution in [1.29, 1.82) is 0 Å². The third-order valence-corrected chi connectivity index (χ3v) is 5.34. The SMILES string of the molecule is CC(NC(=O)c1cccc2ccccc12)C(=O)Nc1nnc(-c2ccccc2)s1. The van der Waals surface area contributed by atoms with E-state index in [1.807, 2.05) is 66.7 Å². The summed E-state index contributed by atoms with van der Waals surface area (Å²) in [4.78, 5) is 25.2. The summed E-state index contributed by atoms with van der Waals surface area (Å²) < 4.78 is 0. The number of anilines is 1. The number of benzene rings is 3. The van der Waals surface area contributed by atoms with Crippen molar-refractivity contribution in [3.05, 3.63) is 78.4 Å².